The molecule has 0 aromatic heterocycles. The van der Waals surface area contributed by atoms with Gasteiger partial charge in [0.05, 0.1) is 12.2 Å². The molecule has 8 atom stereocenters. The third-order valence-corrected chi connectivity index (χ3v) is 14.6. The molecule has 8 rings (SSSR count). The van der Waals surface area contributed by atoms with Gasteiger partial charge in [-0.2, -0.15) is 0 Å². The SMILES string of the molecule is CN1c2ccccc2C2CC(C3CCC(N(C)C4CCC(C5CCC6OC7CCCCC7C6C5)CC4)CC3)CCC21. The first-order valence-electron chi connectivity index (χ1n) is 18.3. The maximum Gasteiger partial charge on any atom is 0.0611 e. The second-order valence-corrected chi connectivity index (χ2v) is 16.1. The van der Waals surface area contributed by atoms with E-state index in [0.717, 1.165) is 59.6 Å². The van der Waals surface area contributed by atoms with Gasteiger partial charge in [0.15, 0.2) is 0 Å². The molecule has 5 aliphatic carbocycles. The molecule has 3 nitrogen and oxygen atoms in total. The number of anilines is 1. The van der Waals surface area contributed by atoms with Crippen molar-refractivity contribution in [3.8, 4) is 0 Å². The molecule has 2 heterocycles. The molecule has 0 radical (unpaired) electrons. The van der Waals surface area contributed by atoms with Gasteiger partial charge in [-0.25, -0.2) is 0 Å². The number of hydrogen-bond donors (Lipinski definition) is 0. The van der Waals surface area contributed by atoms with E-state index in [0.29, 0.717) is 12.2 Å². The van der Waals surface area contributed by atoms with Gasteiger partial charge in [0, 0.05) is 36.8 Å². The number of likely N-dealkylation sites (N-methyl/N-ethyl adjacent to an activating group) is 1. The van der Waals surface area contributed by atoms with E-state index in [1.165, 1.54) is 121 Å². The first-order valence-corrected chi connectivity index (χ1v) is 18.3. The van der Waals surface area contributed by atoms with Crippen molar-refractivity contribution < 1.29 is 4.74 Å². The monoisotopic (exact) mass is 558 g/mol. The summed E-state index contributed by atoms with van der Waals surface area (Å²) in [5.74, 6) is 6.56. The van der Waals surface area contributed by atoms with E-state index in [-0.39, 0.29) is 0 Å². The summed E-state index contributed by atoms with van der Waals surface area (Å²) in [6.45, 7) is 0. The lowest BCUT2D eigenvalue weighted by molar-refractivity contribution is -0.00757. The summed E-state index contributed by atoms with van der Waals surface area (Å²) in [5.41, 5.74) is 3.16. The van der Waals surface area contributed by atoms with Crippen LogP contribution in [0.3, 0.4) is 0 Å². The third-order valence-electron chi connectivity index (χ3n) is 14.6. The van der Waals surface area contributed by atoms with Crippen molar-refractivity contribution in [2.24, 2.45) is 35.5 Å². The molecule has 1 aromatic carbocycles. The average Bonchev–Trinajstić information content (AvgIpc) is 3.55. The standard InChI is InChI=1S/C38H58N2O/c1-39(30-19-13-26(14-20-30)28-16-22-38-34(24-28)32-8-4-6-10-37(32)41-38)29-17-11-25(12-18-29)27-15-21-36-33(23-27)31-7-3-5-9-35(31)40(36)2/h3,5,7,9,25-30,32-34,36-38H,4,6,8,10-24H2,1-2H3. The topological polar surface area (TPSA) is 15.7 Å². The van der Waals surface area contributed by atoms with E-state index in [1.54, 1.807) is 5.56 Å². The van der Waals surface area contributed by atoms with E-state index in [4.69, 9.17) is 4.74 Å². The number of rotatable bonds is 4. The van der Waals surface area contributed by atoms with Crippen LogP contribution in [0.5, 0.6) is 0 Å². The average molecular weight is 559 g/mol. The van der Waals surface area contributed by atoms with Gasteiger partial charge >= 0.3 is 0 Å². The highest BCUT2D eigenvalue weighted by atomic mass is 16.5. The number of hydrogen-bond acceptors (Lipinski definition) is 3. The summed E-state index contributed by atoms with van der Waals surface area (Å²) in [6, 6.07) is 11.7. The first kappa shape index (κ1) is 27.5. The molecule has 1 saturated heterocycles. The second-order valence-electron chi connectivity index (χ2n) is 16.1. The molecule has 1 aromatic rings. The van der Waals surface area contributed by atoms with E-state index in [2.05, 4.69) is 48.2 Å². The van der Waals surface area contributed by atoms with E-state index >= 15 is 0 Å². The molecule has 0 N–H and O–H groups in total. The highest BCUT2D eigenvalue weighted by Crippen LogP contribution is 2.53. The molecule has 6 fully saturated rings. The minimum Gasteiger partial charge on any atom is -0.374 e. The fourth-order valence-electron chi connectivity index (χ4n) is 12.2. The Morgan fingerprint density at radius 3 is 2.00 bits per heavy atom. The van der Waals surface area contributed by atoms with E-state index < -0.39 is 0 Å². The summed E-state index contributed by atoms with van der Waals surface area (Å²) in [7, 11) is 4.86. The van der Waals surface area contributed by atoms with Crippen molar-refractivity contribution in [3.63, 3.8) is 0 Å². The smallest absolute Gasteiger partial charge is 0.0611 e. The summed E-state index contributed by atoms with van der Waals surface area (Å²) in [5, 5.41) is 0. The van der Waals surface area contributed by atoms with E-state index in [9.17, 15) is 0 Å². The largest absolute Gasteiger partial charge is 0.374 e. The lowest BCUT2D eigenvalue weighted by Crippen LogP contribution is -2.45. The van der Waals surface area contributed by atoms with Crippen molar-refractivity contribution in [2.45, 2.75) is 152 Å². The van der Waals surface area contributed by atoms with Gasteiger partial charge in [-0.3, -0.25) is 0 Å². The Bertz CT molecular complexity index is 1040. The van der Waals surface area contributed by atoms with Crippen LogP contribution in [0.1, 0.15) is 127 Å². The Morgan fingerprint density at radius 1 is 0.634 bits per heavy atom. The maximum absolute atomic E-state index is 6.59. The number of benzene rings is 1. The maximum atomic E-state index is 6.59. The zero-order chi connectivity index (χ0) is 27.5. The second kappa shape index (κ2) is 11.5. The molecule has 41 heavy (non-hydrogen) atoms. The normalized spacial score (nSPS) is 46.1. The van der Waals surface area contributed by atoms with Gasteiger partial charge in [-0.15, -0.1) is 0 Å². The zero-order valence-corrected chi connectivity index (χ0v) is 26.3. The van der Waals surface area contributed by atoms with Gasteiger partial charge in [-0.1, -0.05) is 31.0 Å². The molecule has 2 aliphatic heterocycles. The lowest BCUT2D eigenvalue weighted by atomic mass is 9.65. The molecule has 0 spiro atoms. The van der Waals surface area contributed by atoms with Crippen LogP contribution in [-0.4, -0.2) is 49.3 Å². The summed E-state index contributed by atoms with van der Waals surface area (Å²) in [4.78, 5) is 5.50. The fraction of sp³-hybridized carbons (Fsp3) is 0.842. The Kier molecular flexibility index (Phi) is 7.68. The third kappa shape index (κ3) is 5.01. The number of ether oxygens (including phenoxy) is 1. The highest BCUT2D eigenvalue weighted by molar-refractivity contribution is 5.61. The Hall–Kier alpha value is -1.06. The minimum absolute atomic E-state index is 0.627. The van der Waals surface area contributed by atoms with Crippen molar-refractivity contribution in [1.29, 1.82) is 0 Å². The van der Waals surface area contributed by atoms with Gasteiger partial charge in [-0.05, 0) is 157 Å². The predicted molar refractivity (Wildman–Crippen MR) is 169 cm³/mol. The van der Waals surface area contributed by atoms with Crippen LogP contribution in [0.15, 0.2) is 24.3 Å². The Morgan fingerprint density at radius 2 is 1.24 bits per heavy atom. The van der Waals surface area contributed by atoms with Gasteiger partial charge in [0.25, 0.3) is 0 Å². The predicted octanol–water partition coefficient (Wildman–Crippen LogP) is 8.81. The van der Waals surface area contributed by atoms with Crippen LogP contribution < -0.4 is 4.90 Å². The Labute approximate surface area is 251 Å². The van der Waals surface area contributed by atoms with Crippen LogP contribution in [0.4, 0.5) is 5.69 Å². The van der Waals surface area contributed by atoms with Gasteiger partial charge in [0.1, 0.15) is 0 Å². The molecule has 0 amide bonds. The molecule has 8 unspecified atom stereocenters. The van der Waals surface area contributed by atoms with Crippen LogP contribution in [0.25, 0.3) is 0 Å². The van der Waals surface area contributed by atoms with Gasteiger partial charge < -0.3 is 14.5 Å². The van der Waals surface area contributed by atoms with Crippen molar-refractivity contribution >= 4 is 5.69 Å². The molecule has 7 aliphatic rings. The van der Waals surface area contributed by atoms with Gasteiger partial charge in [0.2, 0.25) is 0 Å². The van der Waals surface area contributed by atoms with Crippen molar-refractivity contribution in [3.05, 3.63) is 29.8 Å². The number of para-hydroxylation sites is 1. The molecule has 0 bridgehead atoms. The van der Waals surface area contributed by atoms with Crippen LogP contribution in [-0.2, 0) is 4.74 Å². The highest BCUT2D eigenvalue weighted by Gasteiger charge is 2.49. The van der Waals surface area contributed by atoms with E-state index in [1.807, 2.05) is 0 Å². The molecular weight excluding hydrogens is 500 g/mol. The molecule has 5 saturated carbocycles. The fourth-order valence-corrected chi connectivity index (χ4v) is 12.2. The lowest BCUT2D eigenvalue weighted by Gasteiger charge is -2.46. The van der Waals surface area contributed by atoms with Crippen molar-refractivity contribution in [1.82, 2.24) is 4.90 Å². The minimum atomic E-state index is 0.627. The first-order chi connectivity index (χ1) is 20.1. The zero-order valence-electron chi connectivity index (χ0n) is 26.3. The molecule has 226 valence electrons. The van der Waals surface area contributed by atoms with Crippen LogP contribution >= 0.6 is 0 Å². The Balaban J connectivity index is 0.808. The molecule has 3 heteroatoms. The summed E-state index contributed by atoms with van der Waals surface area (Å²) < 4.78 is 6.59. The summed E-state index contributed by atoms with van der Waals surface area (Å²) in [6.07, 6.45) is 27.4. The van der Waals surface area contributed by atoms with Crippen molar-refractivity contribution in [2.75, 3.05) is 19.0 Å². The number of fused-ring (bicyclic) bond motifs is 6. The molecular formula is C38H58N2O. The van der Waals surface area contributed by atoms with Crippen LogP contribution in [0.2, 0.25) is 0 Å². The summed E-state index contributed by atoms with van der Waals surface area (Å²) >= 11 is 0. The quantitative estimate of drug-likeness (QED) is 0.367. The number of nitrogens with zero attached hydrogens (tertiary/aromatic N) is 2. The van der Waals surface area contributed by atoms with Crippen LogP contribution in [0, 0.1) is 35.5 Å².